The molecule has 0 fully saturated rings. The summed E-state index contributed by atoms with van der Waals surface area (Å²) in [7, 11) is -2.60. The van der Waals surface area contributed by atoms with Gasteiger partial charge < -0.3 is 8.92 Å². The third-order valence-corrected chi connectivity index (χ3v) is 5.09. The molecule has 6 heteroatoms. The minimum atomic E-state index is -4.07. The maximum atomic E-state index is 12.8. The molecule has 0 saturated carbocycles. The highest BCUT2D eigenvalue weighted by molar-refractivity contribution is 7.87. The van der Waals surface area contributed by atoms with Crippen LogP contribution in [-0.2, 0) is 10.1 Å². The molecule has 0 aliphatic heterocycles. The second-order valence-corrected chi connectivity index (χ2v) is 7.30. The number of para-hydroxylation sites is 1. The molecular weight excluding hydrogens is 350 g/mol. The molecule has 26 heavy (non-hydrogen) atoms. The Morgan fingerprint density at radius 1 is 1.08 bits per heavy atom. The zero-order valence-electron chi connectivity index (χ0n) is 14.8. The maximum Gasteiger partial charge on any atom is 0.341 e. The molecule has 1 aromatic heterocycles. The molecule has 0 aliphatic carbocycles. The Labute approximate surface area is 153 Å². The summed E-state index contributed by atoms with van der Waals surface area (Å²) in [6.45, 7) is 3.80. The topological polar surface area (TPSA) is 65.5 Å². The summed E-state index contributed by atoms with van der Waals surface area (Å²) in [6, 6.07) is 11.9. The average molecular weight is 369 g/mol. The maximum absolute atomic E-state index is 12.8. The van der Waals surface area contributed by atoms with E-state index in [9.17, 15) is 8.42 Å². The van der Waals surface area contributed by atoms with Crippen LogP contribution in [0.3, 0.4) is 0 Å². The van der Waals surface area contributed by atoms with Gasteiger partial charge in [-0.1, -0.05) is 30.4 Å². The van der Waals surface area contributed by atoms with E-state index in [2.05, 4.69) is 4.98 Å². The van der Waals surface area contributed by atoms with Crippen molar-refractivity contribution >= 4 is 27.1 Å². The quantitative estimate of drug-likeness (QED) is 0.626. The van der Waals surface area contributed by atoms with Gasteiger partial charge in [0.05, 0.1) is 12.6 Å². The van der Waals surface area contributed by atoms with Crippen LogP contribution in [0.25, 0.3) is 17.0 Å². The van der Waals surface area contributed by atoms with E-state index >= 15 is 0 Å². The first-order valence-electron chi connectivity index (χ1n) is 8.05. The molecule has 3 rings (SSSR count). The lowest BCUT2D eigenvalue weighted by atomic mass is 10.2. The number of benzene rings is 2. The molecule has 0 unspecified atom stereocenters. The molecule has 0 bridgehead atoms. The normalized spacial score (nSPS) is 11.8. The predicted molar refractivity (Wildman–Crippen MR) is 102 cm³/mol. The molecular formula is C20H19NO4S. The zero-order chi connectivity index (χ0) is 18.7. The minimum Gasteiger partial charge on any atom is -0.493 e. The summed E-state index contributed by atoms with van der Waals surface area (Å²) < 4.78 is 36.3. The van der Waals surface area contributed by atoms with Gasteiger partial charge in [0.25, 0.3) is 0 Å². The smallest absolute Gasteiger partial charge is 0.341 e. The Morgan fingerprint density at radius 2 is 1.88 bits per heavy atom. The van der Waals surface area contributed by atoms with Crippen molar-refractivity contribution in [3.05, 3.63) is 65.9 Å². The summed E-state index contributed by atoms with van der Waals surface area (Å²) in [6.07, 6.45) is 5.40. The number of methoxy groups -OCH3 is 1. The number of rotatable bonds is 5. The molecule has 134 valence electrons. The molecule has 1 heterocycles. The van der Waals surface area contributed by atoms with Crippen molar-refractivity contribution in [2.24, 2.45) is 0 Å². The highest BCUT2D eigenvalue weighted by Gasteiger charge is 2.22. The zero-order valence-corrected chi connectivity index (χ0v) is 15.6. The summed E-state index contributed by atoms with van der Waals surface area (Å²) in [4.78, 5) is 4.29. The second kappa shape index (κ2) is 7.17. The van der Waals surface area contributed by atoms with Gasteiger partial charge in [0.1, 0.15) is 4.90 Å². The largest absolute Gasteiger partial charge is 0.493 e. The first-order chi connectivity index (χ1) is 12.4. The summed E-state index contributed by atoms with van der Waals surface area (Å²) in [5.74, 6) is 0.470. The Balaban J connectivity index is 2.05. The lowest BCUT2D eigenvalue weighted by Gasteiger charge is -2.12. The van der Waals surface area contributed by atoms with Crippen molar-refractivity contribution in [3.8, 4) is 11.5 Å². The molecule has 0 saturated heterocycles. The third kappa shape index (κ3) is 3.55. The lowest BCUT2D eigenvalue weighted by molar-refractivity contribution is 0.390. The van der Waals surface area contributed by atoms with Crippen molar-refractivity contribution < 1.29 is 17.3 Å². The molecule has 3 aromatic rings. The van der Waals surface area contributed by atoms with Gasteiger partial charge in [-0.25, -0.2) is 0 Å². The monoisotopic (exact) mass is 369 g/mol. The number of hydrogen-bond donors (Lipinski definition) is 0. The molecule has 5 nitrogen and oxygen atoms in total. The number of pyridine rings is 1. The number of allylic oxidation sites excluding steroid dienone is 1. The molecule has 0 aliphatic rings. The van der Waals surface area contributed by atoms with Gasteiger partial charge >= 0.3 is 10.1 Å². The van der Waals surface area contributed by atoms with E-state index < -0.39 is 10.1 Å². The van der Waals surface area contributed by atoms with E-state index in [-0.39, 0.29) is 10.6 Å². The number of nitrogens with zero attached hydrogens (tertiary/aromatic N) is 1. The number of ether oxygens (including phenoxy) is 1. The van der Waals surface area contributed by atoms with Crippen LogP contribution in [0.2, 0.25) is 0 Å². The van der Waals surface area contributed by atoms with Crippen molar-refractivity contribution in [2.45, 2.75) is 18.7 Å². The number of fused-ring (bicyclic) bond motifs is 1. The van der Waals surface area contributed by atoms with Gasteiger partial charge in [0.15, 0.2) is 11.5 Å². The fraction of sp³-hybridized carbons (Fsp3) is 0.150. The molecule has 0 radical (unpaired) electrons. The molecule has 0 atom stereocenters. The van der Waals surface area contributed by atoms with E-state index in [1.165, 1.54) is 13.2 Å². The minimum absolute atomic E-state index is 0.0228. The fourth-order valence-electron chi connectivity index (χ4n) is 2.66. The van der Waals surface area contributed by atoms with E-state index in [0.29, 0.717) is 11.3 Å². The van der Waals surface area contributed by atoms with E-state index in [0.717, 1.165) is 16.5 Å². The predicted octanol–water partition coefficient (Wildman–Crippen LogP) is 4.35. The third-order valence-electron chi connectivity index (χ3n) is 3.83. The highest BCUT2D eigenvalue weighted by Crippen LogP contribution is 2.32. The SMILES string of the molecule is C/C=C/c1ccc(OS(=O)(=O)c2cccc3cc(C)cnc23)c(OC)c1. The Morgan fingerprint density at radius 3 is 2.62 bits per heavy atom. The van der Waals surface area contributed by atoms with E-state index in [1.807, 2.05) is 38.1 Å². The van der Waals surface area contributed by atoms with Crippen molar-refractivity contribution in [1.29, 1.82) is 0 Å². The van der Waals surface area contributed by atoms with Crippen molar-refractivity contribution in [1.82, 2.24) is 4.98 Å². The molecule has 0 spiro atoms. The van der Waals surface area contributed by atoms with Crippen LogP contribution in [-0.4, -0.2) is 20.5 Å². The van der Waals surface area contributed by atoms with Crippen molar-refractivity contribution in [2.75, 3.05) is 7.11 Å². The van der Waals surface area contributed by atoms with Gasteiger partial charge in [-0.2, -0.15) is 8.42 Å². The average Bonchev–Trinajstić information content (AvgIpc) is 2.62. The summed E-state index contributed by atoms with van der Waals surface area (Å²) in [5.41, 5.74) is 2.22. The molecule has 2 aromatic carbocycles. The fourth-order valence-corrected chi connectivity index (χ4v) is 3.77. The summed E-state index contributed by atoms with van der Waals surface area (Å²) in [5, 5.41) is 0.741. The van der Waals surface area contributed by atoms with Crippen LogP contribution >= 0.6 is 0 Å². The Bertz CT molecular complexity index is 1090. The molecule has 0 amide bonds. The Hall–Kier alpha value is -2.86. The second-order valence-electron chi connectivity index (χ2n) is 5.79. The van der Waals surface area contributed by atoms with Crippen LogP contribution in [0.5, 0.6) is 11.5 Å². The standard InChI is InChI=1S/C20H19NO4S/c1-4-6-15-9-10-17(18(12-15)24-3)25-26(22,23)19-8-5-7-16-11-14(2)13-21-20(16)19/h4-13H,1-3H3/b6-4+. The van der Waals surface area contributed by atoms with Crippen LogP contribution in [0.4, 0.5) is 0 Å². The first-order valence-corrected chi connectivity index (χ1v) is 9.46. The van der Waals surface area contributed by atoms with Gasteiger partial charge in [0.2, 0.25) is 0 Å². The van der Waals surface area contributed by atoms with Crippen LogP contribution in [0.15, 0.2) is 59.6 Å². The van der Waals surface area contributed by atoms with Gasteiger partial charge in [-0.3, -0.25) is 4.98 Å². The van der Waals surface area contributed by atoms with E-state index in [4.69, 9.17) is 8.92 Å². The Kier molecular flexibility index (Phi) is 4.95. The van der Waals surface area contributed by atoms with Gasteiger partial charge in [-0.05, 0) is 49.2 Å². The van der Waals surface area contributed by atoms with E-state index in [1.54, 1.807) is 30.5 Å². The number of aromatic nitrogens is 1. The van der Waals surface area contributed by atoms with Crippen LogP contribution in [0.1, 0.15) is 18.1 Å². The number of aryl methyl sites for hydroxylation is 1. The van der Waals surface area contributed by atoms with Gasteiger partial charge in [0, 0.05) is 11.6 Å². The number of hydrogen-bond acceptors (Lipinski definition) is 5. The lowest BCUT2D eigenvalue weighted by Crippen LogP contribution is -2.11. The van der Waals surface area contributed by atoms with Gasteiger partial charge in [-0.15, -0.1) is 0 Å². The first kappa shape index (κ1) is 17.9. The molecule has 0 N–H and O–H groups in total. The highest BCUT2D eigenvalue weighted by atomic mass is 32.2. The van der Waals surface area contributed by atoms with Crippen LogP contribution < -0.4 is 8.92 Å². The summed E-state index contributed by atoms with van der Waals surface area (Å²) >= 11 is 0. The van der Waals surface area contributed by atoms with Crippen molar-refractivity contribution in [3.63, 3.8) is 0 Å². The van der Waals surface area contributed by atoms with Crippen LogP contribution in [0, 0.1) is 6.92 Å².